The maximum atomic E-state index is 13.2. The fourth-order valence-electron chi connectivity index (χ4n) is 3.89. The van der Waals surface area contributed by atoms with E-state index in [1.54, 1.807) is 62.3 Å². The molecule has 49 heavy (non-hydrogen) atoms. The topological polar surface area (TPSA) is 191 Å². The predicted octanol–water partition coefficient (Wildman–Crippen LogP) is 5.03. The molecule has 3 atom stereocenters. The minimum Gasteiger partial charge on any atom is -0.444 e. The van der Waals surface area contributed by atoms with Crippen LogP contribution in [-0.4, -0.2) is 110 Å². The molecular weight excluding hydrogens is 650 g/mol. The third kappa shape index (κ3) is 22.7. The normalized spacial score (nSPS) is 14.6. The third-order valence-electron chi connectivity index (χ3n) is 7.46. The number of aliphatic hydroxyl groups is 1. The predicted molar refractivity (Wildman–Crippen MR) is 194 cm³/mol. The number of unbranched alkanes of at least 4 members (excludes halogenated alkanes) is 1. The number of ether oxygens (including phenoxy) is 3. The summed E-state index contributed by atoms with van der Waals surface area (Å²) in [5.41, 5.74) is 4.18. The van der Waals surface area contributed by atoms with Crippen LogP contribution >= 0.6 is 0 Å². The molecule has 0 fully saturated rings. The minimum absolute atomic E-state index is 0.0703. The number of hydrogen-bond donors (Lipinski definition) is 5. The Hall–Kier alpha value is -2.62. The highest BCUT2D eigenvalue weighted by molar-refractivity contribution is 6.74. The highest BCUT2D eigenvalue weighted by atomic mass is 28.4. The van der Waals surface area contributed by atoms with Gasteiger partial charge in [-0.05, 0) is 106 Å². The van der Waals surface area contributed by atoms with Gasteiger partial charge in [0.15, 0.2) is 8.32 Å². The van der Waals surface area contributed by atoms with Gasteiger partial charge in [-0.25, -0.2) is 14.4 Å². The van der Waals surface area contributed by atoms with E-state index in [1.807, 2.05) is 0 Å². The van der Waals surface area contributed by atoms with Crippen molar-refractivity contribution in [2.45, 2.75) is 162 Å². The molecule has 0 unspecified atom stereocenters. The van der Waals surface area contributed by atoms with Gasteiger partial charge in [0, 0.05) is 19.6 Å². The summed E-state index contributed by atoms with van der Waals surface area (Å²) in [6.07, 6.45) is -1.02. The Morgan fingerprint density at radius 2 is 1.29 bits per heavy atom. The van der Waals surface area contributed by atoms with E-state index in [0.717, 1.165) is 0 Å². The van der Waals surface area contributed by atoms with Gasteiger partial charge in [0.1, 0.15) is 16.8 Å². The smallest absolute Gasteiger partial charge is 0.410 e. The van der Waals surface area contributed by atoms with Gasteiger partial charge < -0.3 is 50.3 Å². The van der Waals surface area contributed by atoms with Crippen LogP contribution in [0, 0.1) is 0 Å². The first-order chi connectivity index (χ1) is 22.0. The standard InChI is InChI=1S/C34H69N5O9Si/c1-31(2,3)46-28(42)36-19-16-15-17-26(35)27(41)38-24(23-45-49(13,14)34(10,11)12)18-20-39(30(44)48-33(7,8)9)22-25(40)21-37-29(43)47-32(4,5)6/h24-26,40H,15-23,35H2,1-14H3,(H,36,42)(H,37,43)(H,38,41)/t24-,25-,26-/m0/s1. The molecule has 0 bridgehead atoms. The van der Waals surface area contributed by atoms with E-state index in [0.29, 0.717) is 32.2 Å². The number of nitrogens with two attached hydrogens (primary N) is 1. The summed E-state index contributed by atoms with van der Waals surface area (Å²) < 4.78 is 22.5. The molecule has 288 valence electrons. The largest absolute Gasteiger partial charge is 0.444 e. The van der Waals surface area contributed by atoms with Gasteiger partial charge in [-0.3, -0.25) is 4.79 Å². The zero-order chi connectivity index (χ0) is 38.4. The molecule has 0 spiro atoms. The van der Waals surface area contributed by atoms with Crippen LogP contribution in [0.25, 0.3) is 0 Å². The van der Waals surface area contributed by atoms with Gasteiger partial charge in [0.2, 0.25) is 5.91 Å². The van der Waals surface area contributed by atoms with Gasteiger partial charge in [-0.1, -0.05) is 20.8 Å². The van der Waals surface area contributed by atoms with Crippen molar-refractivity contribution in [3.8, 4) is 0 Å². The van der Waals surface area contributed by atoms with Crippen molar-refractivity contribution in [2.24, 2.45) is 5.73 Å². The Morgan fingerprint density at radius 1 is 0.776 bits per heavy atom. The van der Waals surface area contributed by atoms with E-state index in [1.165, 1.54) is 4.90 Å². The number of aliphatic hydroxyl groups excluding tert-OH is 1. The van der Waals surface area contributed by atoms with E-state index >= 15 is 0 Å². The molecule has 6 N–H and O–H groups in total. The van der Waals surface area contributed by atoms with Crippen LogP contribution in [-0.2, 0) is 23.4 Å². The lowest BCUT2D eigenvalue weighted by atomic mass is 10.1. The van der Waals surface area contributed by atoms with Crippen LogP contribution < -0.4 is 21.7 Å². The van der Waals surface area contributed by atoms with E-state index in [-0.39, 0.29) is 37.2 Å². The van der Waals surface area contributed by atoms with Gasteiger partial charge in [0.25, 0.3) is 0 Å². The Bertz CT molecular complexity index is 1050. The van der Waals surface area contributed by atoms with Crippen LogP contribution in [0.5, 0.6) is 0 Å². The second-order valence-corrected chi connectivity index (χ2v) is 21.9. The number of carbonyl (C=O) groups is 4. The Kier molecular flexibility index (Phi) is 18.6. The van der Waals surface area contributed by atoms with Crippen molar-refractivity contribution >= 4 is 32.5 Å². The summed E-state index contributed by atoms with van der Waals surface area (Å²) in [7, 11) is -2.20. The Morgan fingerprint density at radius 3 is 1.78 bits per heavy atom. The molecule has 0 radical (unpaired) electrons. The lowest BCUT2D eigenvalue weighted by Gasteiger charge is -2.38. The summed E-state index contributed by atoms with van der Waals surface area (Å²) in [5, 5.41) is 18.9. The van der Waals surface area contributed by atoms with Crippen molar-refractivity contribution < 1.29 is 42.9 Å². The summed E-state index contributed by atoms with van der Waals surface area (Å²) >= 11 is 0. The molecule has 14 nitrogen and oxygen atoms in total. The lowest BCUT2D eigenvalue weighted by Crippen LogP contribution is -2.51. The molecule has 4 amide bonds. The Balaban J connectivity index is 5.59. The molecule has 0 aliphatic rings. The molecule has 0 heterocycles. The average molecular weight is 720 g/mol. The number of nitrogens with zero attached hydrogens (tertiary/aromatic N) is 1. The van der Waals surface area contributed by atoms with Crippen LogP contribution in [0.1, 0.15) is 109 Å². The molecule has 0 aliphatic heterocycles. The number of hydrogen-bond acceptors (Lipinski definition) is 10. The van der Waals surface area contributed by atoms with Crippen molar-refractivity contribution in [3.63, 3.8) is 0 Å². The fraction of sp³-hybridized carbons (Fsp3) is 0.882. The van der Waals surface area contributed by atoms with Gasteiger partial charge in [-0.2, -0.15) is 0 Å². The molecule has 0 aliphatic carbocycles. The maximum absolute atomic E-state index is 13.2. The number of rotatable bonds is 17. The number of nitrogens with one attached hydrogen (secondary N) is 3. The zero-order valence-electron chi connectivity index (χ0n) is 32.8. The molecule has 0 aromatic carbocycles. The van der Waals surface area contributed by atoms with Crippen LogP contribution in [0.4, 0.5) is 14.4 Å². The number of amides is 4. The van der Waals surface area contributed by atoms with Crippen molar-refractivity contribution in [2.75, 3.05) is 32.8 Å². The molecule has 15 heteroatoms. The van der Waals surface area contributed by atoms with Crippen LogP contribution in [0.2, 0.25) is 18.1 Å². The molecule has 0 aromatic heterocycles. The molecular formula is C34H69N5O9Si. The SMILES string of the molecule is CC(C)(C)OC(=O)NCCCC[C@H](N)C(=O)N[C@@H](CCN(C[C@@H](O)CNC(=O)OC(C)(C)C)C(=O)OC(C)(C)C)CO[Si](C)(C)C(C)(C)C. The van der Waals surface area contributed by atoms with E-state index in [9.17, 15) is 24.3 Å². The first kappa shape index (κ1) is 46.4. The van der Waals surface area contributed by atoms with E-state index in [2.05, 4.69) is 49.8 Å². The second kappa shape index (κ2) is 19.7. The lowest BCUT2D eigenvalue weighted by molar-refractivity contribution is -0.123. The van der Waals surface area contributed by atoms with Crippen molar-refractivity contribution in [1.82, 2.24) is 20.9 Å². The first-order valence-corrected chi connectivity index (χ1v) is 20.2. The summed E-state index contributed by atoms with van der Waals surface area (Å²) in [5.74, 6) is -0.352. The second-order valence-electron chi connectivity index (χ2n) is 17.1. The van der Waals surface area contributed by atoms with E-state index < -0.39 is 61.6 Å². The number of carbonyl (C=O) groups excluding carboxylic acids is 4. The van der Waals surface area contributed by atoms with Crippen LogP contribution in [0.3, 0.4) is 0 Å². The minimum atomic E-state index is -2.20. The summed E-state index contributed by atoms with van der Waals surface area (Å²) in [6.45, 7) is 26.8. The molecule has 0 saturated heterocycles. The van der Waals surface area contributed by atoms with E-state index in [4.69, 9.17) is 24.4 Å². The summed E-state index contributed by atoms with van der Waals surface area (Å²) in [4.78, 5) is 51.8. The average Bonchev–Trinajstić information content (AvgIpc) is 2.88. The zero-order valence-corrected chi connectivity index (χ0v) is 33.8. The molecule has 0 rings (SSSR count). The van der Waals surface area contributed by atoms with Gasteiger partial charge >= 0.3 is 18.3 Å². The quantitative estimate of drug-likeness (QED) is 0.0775. The maximum Gasteiger partial charge on any atom is 0.410 e. The fourth-order valence-corrected chi connectivity index (χ4v) is 4.94. The highest BCUT2D eigenvalue weighted by Crippen LogP contribution is 2.36. The van der Waals surface area contributed by atoms with Crippen LogP contribution in [0.15, 0.2) is 0 Å². The first-order valence-electron chi connectivity index (χ1n) is 17.3. The monoisotopic (exact) mass is 719 g/mol. The van der Waals surface area contributed by atoms with Gasteiger partial charge in [-0.15, -0.1) is 0 Å². The molecule has 0 aromatic rings. The third-order valence-corrected chi connectivity index (χ3v) is 12.0. The Labute approximate surface area is 296 Å². The van der Waals surface area contributed by atoms with Crippen molar-refractivity contribution in [3.05, 3.63) is 0 Å². The number of alkyl carbamates (subject to hydrolysis) is 2. The summed E-state index contributed by atoms with van der Waals surface area (Å²) in [6, 6.07) is -1.29. The highest BCUT2D eigenvalue weighted by Gasteiger charge is 2.38. The molecule has 0 saturated carbocycles. The van der Waals surface area contributed by atoms with Gasteiger partial charge in [0.05, 0.1) is 31.3 Å². The van der Waals surface area contributed by atoms with Crippen molar-refractivity contribution in [1.29, 1.82) is 0 Å².